The van der Waals surface area contributed by atoms with E-state index in [-0.39, 0.29) is 6.03 Å². The average molecular weight is 369 g/mol. The maximum absolute atomic E-state index is 12.4. The smallest absolute Gasteiger partial charge is 0.317 e. The van der Waals surface area contributed by atoms with Gasteiger partial charge in [-0.15, -0.1) is 0 Å². The molecule has 2 aromatic heterocycles. The van der Waals surface area contributed by atoms with Crippen LogP contribution in [0, 0.1) is 5.92 Å². The molecule has 8 heteroatoms. The van der Waals surface area contributed by atoms with Crippen molar-refractivity contribution in [3.63, 3.8) is 0 Å². The molecule has 1 saturated carbocycles. The number of aromatic amines is 1. The molecule has 1 saturated heterocycles. The van der Waals surface area contributed by atoms with Gasteiger partial charge in [0.15, 0.2) is 0 Å². The lowest BCUT2D eigenvalue weighted by Crippen LogP contribution is -2.44. The van der Waals surface area contributed by atoms with Gasteiger partial charge in [-0.2, -0.15) is 5.10 Å². The van der Waals surface area contributed by atoms with Gasteiger partial charge in [0.1, 0.15) is 0 Å². The van der Waals surface area contributed by atoms with Gasteiger partial charge < -0.3 is 15.1 Å². The highest BCUT2D eigenvalue weighted by Crippen LogP contribution is 2.39. The van der Waals surface area contributed by atoms with Crippen LogP contribution >= 0.6 is 0 Å². The predicted octanol–water partition coefficient (Wildman–Crippen LogP) is 2.14. The normalized spacial score (nSPS) is 19.7. The lowest BCUT2D eigenvalue weighted by molar-refractivity contribution is 0.203. The van der Waals surface area contributed by atoms with E-state index in [1.807, 2.05) is 13.1 Å². The molecule has 2 aliphatic rings. The number of hydrogen-bond acceptors (Lipinski definition) is 5. The Morgan fingerprint density at radius 1 is 1.33 bits per heavy atom. The SMILES string of the molecule is CN(Cc1cc(C2CC2)n[nH]1)C(=O)NC[C@@H]1CCCN(c2ncccn2)C1. The summed E-state index contributed by atoms with van der Waals surface area (Å²) < 4.78 is 0. The third-order valence-electron chi connectivity index (χ3n) is 5.30. The molecule has 0 aromatic carbocycles. The molecule has 2 aromatic rings. The number of rotatable bonds is 6. The standard InChI is InChI=1S/C19H27N7O/c1-25(13-16-10-17(24-23-16)15-5-6-15)19(27)22-11-14-4-2-9-26(12-14)18-20-7-3-8-21-18/h3,7-8,10,14-15H,2,4-6,9,11-13H2,1H3,(H,22,27)(H,23,24)/t14-/m0/s1. The molecule has 1 atom stereocenters. The van der Waals surface area contributed by atoms with Gasteiger partial charge in [-0.3, -0.25) is 5.10 Å². The quantitative estimate of drug-likeness (QED) is 0.814. The number of amides is 2. The summed E-state index contributed by atoms with van der Waals surface area (Å²) in [6, 6.07) is 3.86. The van der Waals surface area contributed by atoms with Crippen LogP contribution in [-0.2, 0) is 6.54 Å². The molecule has 27 heavy (non-hydrogen) atoms. The highest BCUT2D eigenvalue weighted by Gasteiger charge is 2.26. The third kappa shape index (κ3) is 4.56. The second kappa shape index (κ2) is 7.94. The van der Waals surface area contributed by atoms with Crippen LogP contribution in [0.4, 0.5) is 10.7 Å². The first kappa shape index (κ1) is 17.8. The average Bonchev–Trinajstić information content (AvgIpc) is 3.46. The summed E-state index contributed by atoms with van der Waals surface area (Å²) in [5.74, 6) is 1.81. The Labute approximate surface area is 159 Å². The van der Waals surface area contributed by atoms with Crippen molar-refractivity contribution in [2.75, 3.05) is 31.6 Å². The summed E-state index contributed by atoms with van der Waals surface area (Å²) in [4.78, 5) is 25.0. The van der Waals surface area contributed by atoms with Crippen molar-refractivity contribution in [2.24, 2.45) is 5.92 Å². The molecule has 3 heterocycles. The second-order valence-corrected chi connectivity index (χ2v) is 7.64. The largest absolute Gasteiger partial charge is 0.340 e. The topological polar surface area (TPSA) is 90.0 Å². The monoisotopic (exact) mass is 369 g/mol. The van der Waals surface area contributed by atoms with Crippen molar-refractivity contribution >= 4 is 12.0 Å². The van der Waals surface area contributed by atoms with E-state index >= 15 is 0 Å². The lowest BCUT2D eigenvalue weighted by Gasteiger charge is -2.33. The number of urea groups is 1. The molecule has 1 aliphatic carbocycles. The van der Waals surface area contributed by atoms with Crippen molar-refractivity contribution in [3.05, 3.63) is 35.9 Å². The van der Waals surface area contributed by atoms with Crippen LogP contribution in [0.25, 0.3) is 0 Å². The first-order valence-electron chi connectivity index (χ1n) is 9.74. The van der Waals surface area contributed by atoms with E-state index < -0.39 is 0 Å². The fraction of sp³-hybridized carbons (Fsp3) is 0.579. The zero-order valence-electron chi connectivity index (χ0n) is 15.8. The summed E-state index contributed by atoms with van der Waals surface area (Å²) in [6.07, 6.45) is 8.20. The number of aromatic nitrogens is 4. The van der Waals surface area contributed by atoms with E-state index in [9.17, 15) is 4.79 Å². The van der Waals surface area contributed by atoms with Gasteiger partial charge in [0, 0.05) is 45.0 Å². The minimum absolute atomic E-state index is 0.0503. The molecule has 1 aliphatic heterocycles. The van der Waals surface area contributed by atoms with Crippen molar-refractivity contribution < 1.29 is 4.79 Å². The number of piperidine rings is 1. The minimum Gasteiger partial charge on any atom is -0.340 e. The Morgan fingerprint density at radius 3 is 2.93 bits per heavy atom. The van der Waals surface area contributed by atoms with E-state index in [0.29, 0.717) is 24.9 Å². The molecular formula is C19H27N7O. The highest BCUT2D eigenvalue weighted by molar-refractivity contribution is 5.73. The van der Waals surface area contributed by atoms with Gasteiger partial charge in [0.25, 0.3) is 0 Å². The predicted molar refractivity (Wildman–Crippen MR) is 102 cm³/mol. The first-order chi connectivity index (χ1) is 13.2. The molecule has 0 radical (unpaired) electrons. The Balaban J connectivity index is 1.24. The number of H-pyrrole nitrogens is 1. The van der Waals surface area contributed by atoms with E-state index in [0.717, 1.165) is 43.3 Å². The summed E-state index contributed by atoms with van der Waals surface area (Å²) in [7, 11) is 1.82. The van der Waals surface area contributed by atoms with Gasteiger partial charge in [0.2, 0.25) is 5.95 Å². The van der Waals surface area contributed by atoms with Crippen LogP contribution in [0.5, 0.6) is 0 Å². The van der Waals surface area contributed by atoms with Crippen LogP contribution in [0.15, 0.2) is 24.5 Å². The van der Waals surface area contributed by atoms with Crippen LogP contribution in [0.1, 0.15) is 43.0 Å². The number of anilines is 1. The maximum Gasteiger partial charge on any atom is 0.317 e. The highest BCUT2D eigenvalue weighted by atomic mass is 16.2. The van der Waals surface area contributed by atoms with E-state index in [4.69, 9.17) is 0 Å². The summed E-state index contributed by atoms with van der Waals surface area (Å²) in [5.41, 5.74) is 2.11. The second-order valence-electron chi connectivity index (χ2n) is 7.64. The van der Waals surface area contributed by atoms with Crippen molar-refractivity contribution in [1.82, 2.24) is 30.4 Å². The lowest BCUT2D eigenvalue weighted by atomic mass is 9.98. The van der Waals surface area contributed by atoms with Gasteiger partial charge in [-0.1, -0.05) is 0 Å². The Morgan fingerprint density at radius 2 is 2.15 bits per heavy atom. The van der Waals surface area contributed by atoms with Crippen molar-refractivity contribution in [3.8, 4) is 0 Å². The molecule has 2 amide bonds. The maximum atomic E-state index is 12.4. The third-order valence-corrected chi connectivity index (χ3v) is 5.30. The number of nitrogens with zero attached hydrogens (tertiary/aromatic N) is 5. The molecule has 2 N–H and O–H groups in total. The molecule has 0 spiro atoms. The first-order valence-corrected chi connectivity index (χ1v) is 9.74. The molecule has 0 bridgehead atoms. The Bertz CT molecular complexity index is 758. The number of hydrogen-bond donors (Lipinski definition) is 2. The molecule has 2 fully saturated rings. The van der Waals surface area contributed by atoms with Crippen LogP contribution in [0.3, 0.4) is 0 Å². The summed E-state index contributed by atoms with van der Waals surface area (Å²) in [5, 5.41) is 10.5. The van der Waals surface area contributed by atoms with Crippen LogP contribution < -0.4 is 10.2 Å². The van der Waals surface area contributed by atoms with Gasteiger partial charge in [-0.25, -0.2) is 14.8 Å². The molecule has 0 unspecified atom stereocenters. The van der Waals surface area contributed by atoms with Crippen molar-refractivity contribution in [1.29, 1.82) is 0 Å². The van der Waals surface area contributed by atoms with Crippen LogP contribution in [-0.4, -0.2) is 57.8 Å². The summed E-state index contributed by atoms with van der Waals surface area (Å²) in [6.45, 7) is 3.06. The van der Waals surface area contributed by atoms with Crippen LogP contribution in [0.2, 0.25) is 0 Å². The van der Waals surface area contributed by atoms with E-state index in [1.54, 1.807) is 17.3 Å². The number of nitrogens with one attached hydrogen (secondary N) is 2. The number of carbonyl (C=O) groups is 1. The van der Waals surface area contributed by atoms with Gasteiger partial charge in [-0.05, 0) is 43.7 Å². The van der Waals surface area contributed by atoms with Gasteiger partial charge in [0.05, 0.1) is 17.9 Å². The fourth-order valence-electron chi connectivity index (χ4n) is 3.61. The van der Waals surface area contributed by atoms with Crippen molar-refractivity contribution in [2.45, 2.75) is 38.1 Å². The Kier molecular flexibility index (Phi) is 5.22. The fourth-order valence-corrected chi connectivity index (χ4v) is 3.61. The zero-order valence-corrected chi connectivity index (χ0v) is 15.8. The summed E-state index contributed by atoms with van der Waals surface area (Å²) >= 11 is 0. The molecule has 8 nitrogen and oxygen atoms in total. The number of carbonyl (C=O) groups excluding carboxylic acids is 1. The van der Waals surface area contributed by atoms with E-state index in [2.05, 4.69) is 36.4 Å². The zero-order chi connectivity index (χ0) is 18.6. The van der Waals surface area contributed by atoms with E-state index in [1.165, 1.54) is 12.8 Å². The minimum atomic E-state index is -0.0503. The molecular weight excluding hydrogens is 342 g/mol. The molecule has 144 valence electrons. The molecule has 4 rings (SSSR count). The Hall–Kier alpha value is -2.64. The van der Waals surface area contributed by atoms with Gasteiger partial charge >= 0.3 is 6.03 Å².